The summed E-state index contributed by atoms with van der Waals surface area (Å²) >= 11 is 4.34. The first kappa shape index (κ1) is 6.81. The normalized spacial score (nSPS) is 18.4. The van der Waals surface area contributed by atoms with Crippen LogP contribution in [0, 0.1) is 0 Å². The Morgan fingerprint density at radius 3 is 2.20 bits per heavy atom. The smallest absolute Gasteiger partial charge is 0.295 e. The predicted molar refractivity (Wildman–Crippen MR) is 34.3 cm³/mol. The van der Waals surface area contributed by atoms with E-state index >= 15 is 0 Å². The van der Waals surface area contributed by atoms with E-state index in [4.69, 9.17) is 0 Å². The zero-order chi connectivity index (χ0) is 7.72. The predicted octanol–water partition coefficient (Wildman–Crippen LogP) is -1.28. The van der Waals surface area contributed by atoms with Crippen LogP contribution < -0.4 is 10.6 Å². The number of carbonyl (C=O) groups is 3. The summed E-state index contributed by atoms with van der Waals surface area (Å²) in [7, 11) is 0. The standard InChI is InChI=1S/C4H2N2O3S/c7-1-2(8)5-4(9)6-3(1)10/h(H2,5,6,8,9,10). The van der Waals surface area contributed by atoms with Crippen LogP contribution in [0.2, 0.25) is 0 Å². The summed E-state index contributed by atoms with van der Waals surface area (Å²) in [4.78, 5) is 30.9. The Labute approximate surface area is 60.8 Å². The van der Waals surface area contributed by atoms with Gasteiger partial charge in [-0.15, -0.1) is 0 Å². The summed E-state index contributed by atoms with van der Waals surface area (Å²) in [5.41, 5.74) is 0. The van der Waals surface area contributed by atoms with Crippen molar-refractivity contribution in [2.75, 3.05) is 0 Å². The molecule has 0 aromatic carbocycles. The van der Waals surface area contributed by atoms with Gasteiger partial charge in [-0.1, -0.05) is 12.2 Å². The molecule has 10 heavy (non-hydrogen) atoms. The first-order valence-electron chi connectivity index (χ1n) is 2.32. The first-order valence-corrected chi connectivity index (χ1v) is 2.72. The summed E-state index contributed by atoms with van der Waals surface area (Å²) < 4.78 is 0. The number of hydrogen-bond donors (Lipinski definition) is 2. The molecular formula is C4H2N2O3S. The average Bonchev–Trinajstić information content (AvgIpc) is 1.82. The second-order valence-electron chi connectivity index (χ2n) is 1.57. The number of urea groups is 1. The Balaban J connectivity index is 2.86. The van der Waals surface area contributed by atoms with Gasteiger partial charge in [-0.2, -0.15) is 0 Å². The first-order chi connectivity index (χ1) is 4.61. The highest BCUT2D eigenvalue weighted by Crippen LogP contribution is 1.85. The number of nitrogens with one attached hydrogen (secondary N) is 2. The fraction of sp³-hybridized carbons (Fsp3) is 0. The number of imide groups is 1. The maximum Gasteiger partial charge on any atom is 0.326 e. The molecule has 0 spiro atoms. The van der Waals surface area contributed by atoms with E-state index in [1.54, 1.807) is 5.32 Å². The topological polar surface area (TPSA) is 75.3 Å². The number of hydrogen-bond acceptors (Lipinski definition) is 4. The van der Waals surface area contributed by atoms with Crippen molar-refractivity contribution >= 4 is 34.9 Å². The van der Waals surface area contributed by atoms with Crippen LogP contribution in [-0.4, -0.2) is 22.7 Å². The Kier molecular flexibility index (Phi) is 1.46. The Bertz CT molecular complexity index is 225. The maximum absolute atomic E-state index is 10.5. The summed E-state index contributed by atoms with van der Waals surface area (Å²) in [5, 5.41) is 3.70. The van der Waals surface area contributed by atoms with Crippen molar-refractivity contribution in [3.05, 3.63) is 0 Å². The number of carbonyl (C=O) groups excluding carboxylic acids is 3. The van der Waals surface area contributed by atoms with Gasteiger partial charge in [0.15, 0.2) is 4.99 Å². The van der Waals surface area contributed by atoms with Gasteiger partial charge in [-0.05, 0) is 0 Å². The van der Waals surface area contributed by atoms with E-state index in [0.717, 1.165) is 0 Å². The van der Waals surface area contributed by atoms with Gasteiger partial charge in [0, 0.05) is 0 Å². The maximum atomic E-state index is 10.5. The molecule has 1 aliphatic rings. The lowest BCUT2D eigenvalue weighted by molar-refractivity contribution is -0.133. The van der Waals surface area contributed by atoms with Gasteiger partial charge in [-0.3, -0.25) is 20.2 Å². The lowest BCUT2D eigenvalue weighted by Crippen LogP contribution is -2.55. The molecule has 5 nitrogen and oxygen atoms in total. The van der Waals surface area contributed by atoms with Crippen LogP contribution in [-0.2, 0) is 9.59 Å². The average molecular weight is 158 g/mol. The summed E-state index contributed by atoms with van der Waals surface area (Å²) in [6.07, 6.45) is 0. The van der Waals surface area contributed by atoms with E-state index < -0.39 is 17.7 Å². The third-order valence-corrected chi connectivity index (χ3v) is 1.15. The lowest BCUT2D eigenvalue weighted by Gasteiger charge is -2.10. The van der Waals surface area contributed by atoms with Gasteiger partial charge < -0.3 is 0 Å². The van der Waals surface area contributed by atoms with Crippen LogP contribution >= 0.6 is 12.2 Å². The summed E-state index contributed by atoms with van der Waals surface area (Å²) in [6.45, 7) is 0. The molecule has 1 fully saturated rings. The second-order valence-corrected chi connectivity index (χ2v) is 1.97. The number of amides is 3. The Morgan fingerprint density at radius 2 is 1.70 bits per heavy atom. The molecule has 1 aliphatic heterocycles. The molecule has 2 N–H and O–H groups in total. The van der Waals surface area contributed by atoms with E-state index in [2.05, 4.69) is 12.2 Å². The molecule has 0 aliphatic carbocycles. The van der Waals surface area contributed by atoms with E-state index in [1.165, 1.54) is 0 Å². The van der Waals surface area contributed by atoms with Gasteiger partial charge in [-0.25, -0.2) is 4.79 Å². The molecule has 0 radical (unpaired) electrons. The van der Waals surface area contributed by atoms with Gasteiger partial charge in [0.05, 0.1) is 0 Å². The molecular weight excluding hydrogens is 156 g/mol. The largest absolute Gasteiger partial charge is 0.326 e. The molecule has 1 rings (SSSR count). The minimum atomic E-state index is -0.978. The van der Waals surface area contributed by atoms with Gasteiger partial charge in [0.2, 0.25) is 0 Å². The Morgan fingerprint density at radius 1 is 1.10 bits per heavy atom. The van der Waals surface area contributed by atoms with Gasteiger partial charge in [0.25, 0.3) is 5.78 Å². The molecule has 0 saturated carbocycles. The van der Waals surface area contributed by atoms with Crippen molar-refractivity contribution in [1.29, 1.82) is 0 Å². The van der Waals surface area contributed by atoms with Crippen molar-refractivity contribution in [2.45, 2.75) is 0 Å². The van der Waals surface area contributed by atoms with Crippen LogP contribution in [0.3, 0.4) is 0 Å². The molecule has 0 atom stereocenters. The van der Waals surface area contributed by atoms with Crippen LogP contribution in [0.15, 0.2) is 0 Å². The van der Waals surface area contributed by atoms with E-state index in [-0.39, 0.29) is 4.99 Å². The van der Waals surface area contributed by atoms with Crippen LogP contribution in [0.25, 0.3) is 0 Å². The zero-order valence-corrected chi connectivity index (χ0v) is 5.45. The highest BCUT2D eigenvalue weighted by Gasteiger charge is 2.27. The third-order valence-electron chi connectivity index (χ3n) is 0.867. The second kappa shape index (κ2) is 2.14. The van der Waals surface area contributed by atoms with Crippen molar-refractivity contribution in [3.8, 4) is 0 Å². The van der Waals surface area contributed by atoms with Gasteiger partial charge >= 0.3 is 11.9 Å². The van der Waals surface area contributed by atoms with Crippen LogP contribution in [0.1, 0.15) is 0 Å². The van der Waals surface area contributed by atoms with Crippen LogP contribution in [0.4, 0.5) is 4.79 Å². The monoisotopic (exact) mass is 158 g/mol. The third kappa shape index (κ3) is 1.01. The van der Waals surface area contributed by atoms with Crippen molar-refractivity contribution in [3.63, 3.8) is 0 Å². The SMILES string of the molecule is O=C1NC(=O)C(=O)C(=S)N1. The molecule has 1 heterocycles. The molecule has 6 heteroatoms. The number of thiocarbonyl (C=S) groups is 1. The summed E-state index contributed by atoms with van der Waals surface area (Å²) in [6, 6.07) is -0.755. The van der Waals surface area contributed by atoms with Gasteiger partial charge in [0.1, 0.15) is 0 Å². The number of ketones is 1. The summed E-state index contributed by atoms with van der Waals surface area (Å²) in [5.74, 6) is -1.86. The Hall–Kier alpha value is -1.30. The van der Waals surface area contributed by atoms with Crippen molar-refractivity contribution in [2.24, 2.45) is 0 Å². The molecule has 3 amide bonds. The minimum Gasteiger partial charge on any atom is -0.295 e. The van der Waals surface area contributed by atoms with E-state index in [1.807, 2.05) is 5.32 Å². The van der Waals surface area contributed by atoms with E-state index in [0.29, 0.717) is 0 Å². The molecule has 52 valence electrons. The molecule has 0 aromatic heterocycles. The number of Topliss-reactive ketones (excluding diaryl/α,β-unsaturated/α-hetero) is 1. The van der Waals surface area contributed by atoms with Crippen molar-refractivity contribution in [1.82, 2.24) is 10.6 Å². The van der Waals surface area contributed by atoms with E-state index in [9.17, 15) is 14.4 Å². The molecule has 0 unspecified atom stereocenters. The van der Waals surface area contributed by atoms with Crippen molar-refractivity contribution < 1.29 is 14.4 Å². The fourth-order valence-corrected chi connectivity index (χ4v) is 0.640. The zero-order valence-electron chi connectivity index (χ0n) is 4.63. The quantitative estimate of drug-likeness (QED) is 0.340. The highest BCUT2D eigenvalue weighted by atomic mass is 32.1. The highest BCUT2D eigenvalue weighted by molar-refractivity contribution is 7.82. The number of rotatable bonds is 0. The fourth-order valence-electron chi connectivity index (χ4n) is 0.454. The minimum absolute atomic E-state index is 0.353. The van der Waals surface area contributed by atoms with Crippen LogP contribution in [0.5, 0.6) is 0 Å². The lowest BCUT2D eigenvalue weighted by atomic mass is 10.3. The molecule has 0 aromatic rings. The molecule has 1 saturated heterocycles. The molecule has 0 bridgehead atoms.